The summed E-state index contributed by atoms with van der Waals surface area (Å²) in [4.78, 5) is 27.0. The van der Waals surface area contributed by atoms with Crippen LogP contribution in [0.2, 0.25) is 5.02 Å². The largest absolute Gasteiger partial charge is 0.380 e. The van der Waals surface area contributed by atoms with Crippen LogP contribution in [-0.4, -0.2) is 41.3 Å². The van der Waals surface area contributed by atoms with Gasteiger partial charge in [-0.2, -0.15) is 0 Å². The number of benzene rings is 3. The van der Waals surface area contributed by atoms with Gasteiger partial charge in [-0.15, -0.1) is 11.8 Å². The number of hydrogen-bond donors (Lipinski definition) is 2. The van der Waals surface area contributed by atoms with E-state index < -0.39 is 11.3 Å². The van der Waals surface area contributed by atoms with Gasteiger partial charge in [-0.05, 0) is 41.8 Å². The number of amides is 2. The van der Waals surface area contributed by atoms with Crippen LogP contribution in [0.25, 0.3) is 0 Å². The van der Waals surface area contributed by atoms with Crippen molar-refractivity contribution in [1.29, 1.82) is 0 Å². The second kappa shape index (κ2) is 10.1. The minimum absolute atomic E-state index is 0.297. The summed E-state index contributed by atoms with van der Waals surface area (Å²) in [5, 5.41) is 4.53. The van der Waals surface area contributed by atoms with E-state index in [0.717, 1.165) is 29.8 Å². The standard InChI is InChI=1S/C26H24ClN3O3S/c27-21-8-4-5-9-22(21)34-24-25(31)29-30(26(24)32)23(17-6-2-1-3-7-17)18-10-12-19(13-11-18)28-20-14-15-33-16-20/h1-13,20,23-24,28H,14-16H2,(H,29,31)/t20-,23?,24?/m0/s1. The van der Waals surface area contributed by atoms with E-state index in [1.807, 2.05) is 72.8 Å². The SMILES string of the molecule is O=C1NN(C(c2ccccc2)c2ccc(N[C@H]3CCOC3)cc2)C(=O)C1Sc1ccccc1Cl. The van der Waals surface area contributed by atoms with E-state index in [0.29, 0.717) is 22.6 Å². The van der Waals surface area contributed by atoms with E-state index in [1.54, 1.807) is 6.07 Å². The Morgan fingerprint density at radius 2 is 1.68 bits per heavy atom. The van der Waals surface area contributed by atoms with Gasteiger partial charge in [-0.25, -0.2) is 5.01 Å². The lowest BCUT2D eigenvalue weighted by Crippen LogP contribution is -2.39. The van der Waals surface area contributed by atoms with E-state index in [4.69, 9.17) is 16.3 Å². The number of carbonyl (C=O) groups is 2. The highest BCUT2D eigenvalue weighted by molar-refractivity contribution is 8.01. The number of anilines is 1. The molecule has 0 radical (unpaired) electrons. The zero-order valence-electron chi connectivity index (χ0n) is 18.3. The number of hydrazine groups is 1. The van der Waals surface area contributed by atoms with E-state index >= 15 is 0 Å². The molecule has 3 aromatic rings. The molecule has 0 aromatic heterocycles. The molecule has 2 heterocycles. The molecular weight excluding hydrogens is 470 g/mol. The van der Waals surface area contributed by atoms with Crippen LogP contribution >= 0.6 is 23.4 Å². The van der Waals surface area contributed by atoms with Gasteiger partial charge < -0.3 is 10.1 Å². The summed E-state index contributed by atoms with van der Waals surface area (Å²) in [6, 6.07) is 24.7. The van der Waals surface area contributed by atoms with E-state index in [1.165, 1.54) is 16.8 Å². The fraction of sp³-hybridized carbons (Fsp3) is 0.231. The van der Waals surface area contributed by atoms with Crippen molar-refractivity contribution in [2.75, 3.05) is 18.5 Å². The zero-order valence-corrected chi connectivity index (χ0v) is 19.9. The van der Waals surface area contributed by atoms with Gasteiger partial charge in [0.25, 0.3) is 11.8 Å². The van der Waals surface area contributed by atoms with Gasteiger partial charge in [0, 0.05) is 17.2 Å². The lowest BCUT2D eigenvalue weighted by molar-refractivity contribution is -0.131. The maximum Gasteiger partial charge on any atom is 0.265 e. The van der Waals surface area contributed by atoms with E-state index in [9.17, 15) is 9.59 Å². The Bertz CT molecular complexity index is 1170. The van der Waals surface area contributed by atoms with Crippen LogP contribution in [0.4, 0.5) is 5.69 Å². The average Bonchev–Trinajstić information content (AvgIpc) is 3.46. The fourth-order valence-corrected chi connectivity index (χ4v) is 5.44. The van der Waals surface area contributed by atoms with Crippen LogP contribution < -0.4 is 10.7 Å². The highest BCUT2D eigenvalue weighted by Crippen LogP contribution is 2.37. The molecule has 3 aromatic carbocycles. The third-order valence-electron chi connectivity index (χ3n) is 5.91. The Balaban J connectivity index is 1.42. The molecule has 2 aliphatic rings. The zero-order chi connectivity index (χ0) is 23.5. The first-order chi connectivity index (χ1) is 16.6. The van der Waals surface area contributed by atoms with Crippen LogP contribution in [-0.2, 0) is 14.3 Å². The minimum Gasteiger partial charge on any atom is -0.380 e. The Labute approximate surface area is 207 Å². The Hall–Kier alpha value is -3.00. The normalized spacial score (nSPS) is 20.9. The van der Waals surface area contributed by atoms with E-state index in [-0.39, 0.29) is 11.8 Å². The van der Waals surface area contributed by atoms with Gasteiger partial charge in [0.2, 0.25) is 0 Å². The molecule has 2 unspecified atom stereocenters. The highest BCUT2D eigenvalue weighted by atomic mass is 35.5. The van der Waals surface area contributed by atoms with Crippen molar-refractivity contribution in [2.24, 2.45) is 0 Å². The maximum atomic E-state index is 13.5. The summed E-state index contributed by atoms with van der Waals surface area (Å²) >= 11 is 7.44. The van der Waals surface area contributed by atoms with Crippen LogP contribution in [0.5, 0.6) is 0 Å². The van der Waals surface area contributed by atoms with Crippen molar-refractivity contribution in [3.8, 4) is 0 Å². The third-order valence-corrected chi connectivity index (χ3v) is 7.62. The van der Waals surface area contributed by atoms with Gasteiger partial charge in [-0.3, -0.25) is 15.0 Å². The van der Waals surface area contributed by atoms with Crippen LogP contribution in [0.3, 0.4) is 0 Å². The molecule has 0 aliphatic carbocycles. The second-order valence-electron chi connectivity index (χ2n) is 8.25. The lowest BCUT2D eigenvalue weighted by Gasteiger charge is -2.28. The molecule has 2 aliphatic heterocycles. The van der Waals surface area contributed by atoms with Crippen LogP contribution in [0, 0.1) is 0 Å². The summed E-state index contributed by atoms with van der Waals surface area (Å²) in [6.45, 7) is 1.48. The maximum absolute atomic E-state index is 13.5. The van der Waals surface area contributed by atoms with Crippen molar-refractivity contribution in [2.45, 2.75) is 28.6 Å². The fourth-order valence-electron chi connectivity index (χ4n) is 4.21. The summed E-state index contributed by atoms with van der Waals surface area (Å²) in [7, 11) is 0. The highest BCUT2D eigenvalue weighted by Gasteiger charge is 2.44. The van der Waals surface area contributed by atoms with Crippen molar-refractivity contribution in [1.82, 2.24) is 10.4 Å². The molecule has 2 fully saturated rings. The summed E-state index contributed by atoms with van der Waals surface area (Å²) < 4.78 is 5.44. The third kappa shape index (κ3) is 4.78. The number of carbonyl (C=O) groups excluding carboxylic acids is 2. The molecule has 0 bridgehead atoms. The molecule has 0 saturated carbocycles. The average molecular weight is 494 g/mol. The first-order valence-corrected chi connectivity index (χ1v) is 12.4. The summed E-state index contributed by atoms with van der Waals surface area (Å²) in [5.41, 5.74) is 5.61. The lowest BCUT2D eigenvalue weighted by atomic mass is 9.97. The molecule has 8 heteroatoms. The molecule has 3 atom stereocenters. The first kappa shape index (κ1) is 22.8. The number of rotatable bonds is 7. The Morgan fingerprint density at radius 3 is 2.38 bits per heavy atom. The molecule has 2 N–H and O–H groups in total. The number of nitrogens with one attached hydrogen (secondary N) is 2. The number of halogens is 1. The number of hydrogen-bond acceptors (Lipinski definition) is 5. The van der Waals surface area contributed by atoms with Crippen molar-refractivity contribution >= 4 is 40.9 Å². The quantitative estimate of drug-likeness (QED) is 0.468. The second-order valence-corrected chi connectivity index (χ2v) is 9.81. The predicted octanol–water partition coefficient (Wildman–Crippen LogP) is 4.66. The number of ether oxygens (including phenoxy) is 1. The minimum atomic E-state index is -0.908. The van der Waals surface area contributed by atoms with Gasteiger partial charge in [0.1, 0.15) is 6.04 Å². The molecule has 2 saturated heterocycles. The molecule has 5 rings (SSSR count). The van der Waals surface area contributed by atoms with Crippen LogP contribution in [0.15, 0.2) is 83.8 Å². The van der Waals surface area contributed by atoms with Crippen LogP contribution in [0.1, 0.15) is 23.6 Å². The smallest absolute Gasteiger partial charge is 0.265 e. The van der Waals surface area contributed by atoms with E-state index in [2.05, 4.69) is 10.7 Å². The first-order valence-electron chi connectivity index (χ1n) is 11.1. The van der Waals surface area contributed by atoms with Gasteiger partial charge in [0.15, 0.2) is 5.25 Å². The van der Waals surface area contributed by atoms with Crippen molar-refractivity contribution in [3.05, 3.63) is 95.0 Å². The summed E-state index contributed by atoms with van der Waals surface area (Å²) in [5.74, 6) is -0.649. The van der Waals surface area contributed by atoms with Crippen molar-refractivity contribution in [3.63, 3.8) is 0 Å². The molecular formula is C26H24ClN3O3S. The number of thioether (sulfide) groups is 1. The Morgan fingerprint density at radius 1 is 0.971 bits per heavy atom. The summed E-state index contributed by atoms with van der Waals surface area (Å²) in [6.07, 6.45) is 0.979. The number of nitrogens with zero attached hydrogens (tertiary/aromatic N) is 1. The van der Waals surface area contributed by atoms with Gasteiger partial charge in [0.05, 0.1) is 17.7 Å². The molecule has 174 valence electrons. The van der Waals surface area contributed by atoms with Gasteiger partial charge in [-0.1, -0.05) is 66.2 Å². The molecule has 34 heavy (non-hydrogen) atoms. The predicted molar refractivity (Wildman–Crippen MR) is 134 cm³/mol. The van der Waals surface area contributed by atoms with Gasteiger partial charge >= 0.3 is 0 Å². The molecule has 2 amide bonds. The molecule has 0 spiro atoms. The van der Waals surface area contributed by atoms with Crippen molar-refractivity contribution < 1.29 is 14.3 Å². The topological polar surface area (TPSA) is 70.7 Å². The Kier molecular flexibility index (Phi) is 6.76. The molecule has 6 nitrogen and oxygen atoms in total. The monoisotopic (exact) mass is 493 g/mol.